The van der Waals surface area contributed by atoms with Gasteiger partial charge in [0, 0.05) is 22.5 Å². The normalized spacial score (nSPS) is 11.2. The summed E-state index contributed by atoms with van der Waals surface area (Å²) in [7, 11) is 0. The number of aryl methyl sites for hydroxylation is 2. The van der Waals surface area contributed by atoms with Gasteiger partial charge in [0.15, 0.2) is 0 Å². The van der Waals surface area contributed by atoms with Gasteiger partial charge in [-0.2, -0.15) is 0 Å². The van der Waals surface area contributed by atoms with Crippen LogP contribution in [0.2, 0.25) is 5.02 Å². The maximum absolute atomic E-state index is 12.8. The number of pyridine rings is 1. The van der Waals surface area contributed by atoms with E-state index in [1.807, 2.05) is 69.3 Å². The fourth-order valence-electron chi connectivity index (χ4n) is 2.69. The standard InChI is InChI=1S/C23H23ClN4O/c1-15-10-11-18(13-16(15)2)22(29)28-23(26-14-19-7-4-5-12-25-19)27-21-9-6-8-20(24)17(21)3/h4-13H,14H2,1-3H3,(H2,26,27,28,29). The molecule has 0 bridgehead atoms. The van der Waals surface area contributed by atoms with Crippen molar-refractivity contribution in [3.63, 3.8) is 0 Å². The molecule has 1 aromatic heterocycles. The van der Waals surface area contributed by atoms with Gasteiger partial charge in [-0.25, -0.2) is 4.99 Å². The molecule has 148 valence electrons. The maximum atomic E-state index is 12.8. The predicted octanol–water partition coefficient (Wildman–Crippen LogP) is 5.06. The average molecular weight is 407 g/mol. The van der Waals surface area contributed by atoms with Gasteiger partial charge in [-0.1, -0.05) is 29.8 Å². The van der Waals surface area contributed by atoms with Crippen molar-refractivity contribution in [2.45, 2.75) is 27.3 Å². The van der Waals surface area contributed by atoms with Gasteiger partial charge in [-0.15, -0.1) is 0 Å². The van der Waals surface area contributed by atoms with E-state index in [0.29, 0.717) is 23.1 Å². The molecule has 0 spiro atoms. The Labute approximate surface area is 175 Å². The summed E-state index contributed by atoms with van der Waals surface area (Å²) >= 11 is 6.23. The number of nitrogens with zero attached hydrogens (tertiary/aromatic N) is 2. The number of amides is 1. The number of nitrogens with one attached hydrogen (secondary N) is 2. The number of anilines is 1. The zero-order chi connectivity index (χ0) is 20.8. The molecule has 0 aliphatic heterocycles. The van der Waals surface area contributed by atoms with Crippen LogP contribution < -0.4 is 10.6 Å². The lowest BCUT2D eigenvalue weighted by molar-refractivity contribution is 0.0977. The van der Waals surface area contributed by atoms with Crippen molar-refractivity contribution in [2.24, 2.45) is 4.99 Å². The first-order chi connectivity index (χ1) is 13.9. The fraction of sp³-hybridized carbons (Fsp3) is 0.174. The summed E-state index contributed by atoms with van der Waals surface area (Å²) in [5.74, 6) is 0.101. The summed E-state index contributed by atoms with van der Waals surface area (Å²) in [5, 5.41) is 6.70. The minimum atomic E-state index is -0.236. The molecular weight excluding hydrogens is 384 g/mol. The Bertz CT molecular complexity index is 1050. The van der Waals surface area contributed by atoms with Crippen molar-refractivity contribution in [1.82, 2.24) is 10.3 Å². The second-order valence-corrected chi connectivity index (χ2v) is 7.18. The summed E-state index contributed by atoms with van der Waals surface area (Å²) in [6.45, 7) is 6.23. The molecule has 3 aromatic rings. The third kappa shape index (κ3) is 5.42. The molecule has 2 N–H and O–H groups in total. The van der Waals surface area contributed by atoms with E-state index in [0.717, 1.165) is 28.1 Å². The Kier molecular flexibility index (Phi) is 6.62. The van der Waals surface area contributed by atoms with E-state index in [1.165, 1.54) is 0 Å². The van der Waals surface area contributed by atoms with E-state index in [-0.39, 0.29) is 5.91 Å². The Morgan fingerprint density at radius 2 is 1.86 bits per heavy atom. The molecule has 0 aliphatic rings. The van der Waals surface area contributed by atoms with Gasteiger partial charge in [-0.05, 0) is 73.9 Å². The van der Waals surface area contributed by atoms with Crippen LogP contribution in [-0.4, -0.2) is 16.9 Å². The van der Waals surface area contributed by atoms with Crippen LogP contribution in [0.5, 0.6) is 0 Å². The highest BCUT2D eigenvalue weighted by atomic mass is 35.5. The van der Waals surface area contributed by atoms with Gasteiger partial charge in [0.2, 0.25) is 5.96 Å². The number of benzene rings is 2. The number of aliphatic imine (C=N–C) groups is 1. The molecule has 0 saturated carbocycles. The lowest BCUT2D eigenvalue weighted by Gasteiger charge is -2.14. The van der Waals surface area contributed by atoms with Crippen molar-refractivity contribution in [3.05, 3.63) is 93.8 Å². The quantitative estimate of drug-likeness (QED) is 0.470. The molecule has 29 heavy (non-hydrogen) atoms. The highest BCUT2D eigenvalue weighted by molar-refractivity contribution is 6.31. The van der Waals surface area contributed by atoms with Crippen molar-refractivity contribution in [2.75, 3.05) is 5.32 Å². The molecule has 5 nitrogen and oxygen atoms in total. The second-order valence-electron chi connectivity index (χ2n) is 6.78. The third-order valence-corrected chi connectivity index (χ3v) is 5.06. The van der Waals surface area contributed by atoms with Crippen molar-refractivity contribution in [1.29, 1.82) is 0 Å². The zero-order valence-electron chi connectivity index (χ0n) is 16.7. The minimum Gasteiger partial charge on any atom is -0.326 e. The molecule has 3 rings (SSSR count). The summed E-state index contributed by atoms with van der Waals surface area (Å²) < 4.78 is 0. The molecule has 0 unspecified atom stereocenters. The first-order valence-electron chi connectivity index (χ1n) is 9.29. The van der Waals surface area contributed by atoms with Crippen molar-refractivity contribution < 1.29 is 4.79 Å². The number of hydrogen-bond donors (Lipinski definition) is 2. The lowest BCUT2D eigenvalue weighted by atomic mass is 10.1. The molecule has 0 saturated heterocycles. The number of rotatable bonds is 4. The largest absolute Gasteiger partial charge is 0.326 e. The van der Waals surface area contributed by atoms with Gasteiger partial charge < -0.3 is 5.32 Å². The maximum Gasteiger partial charge on any atom is 0.257 e. The molecule has 6 heteroatoms. The van der Waals surface area contributed by atoms with E-state index in [9.17, 15) is 4.79 Å². The topological polar surface area (TPSA) is 66.4 Å². The molecule has 2 aromatic carbocycles. The van der Waals surface area contributed by atoms with Crippen LogP contribution in [0, 0.1) is 20.8 Å². The summed E-state index contributed by atoms with van der Waals surface area (Å²) in [4.78, 5) is 21.6. The summed E-state index contributed by atoms with van der Waals surface area (Å²) in [6, 6.07) is 16.8. The van der Waals surface area contributed by atoms with E-state index in [4.69, 9.17) is 11.6 Å². The molecule has 0 radical (unpaired) electrons. The van der Waals surface area contributed by atoms with Crippen LogP contribution in [-0.2, 0) is 6.54 Å². The first-order valence-corrected chi connectivity index (χ1v) is 9.67. The van der Waals surface area contributed by atoms with Crippen molar-refractivity contribution >= 4 is 29.2 Å². The molecule has 0 fully saturated rings. The van der Waals surface area contributed by atoms with Crippen LogP contribution in [0.15, 0.2) is 65.8 Å². The van der Waals surface area contributed by atoms with Crippen LogP contribution in [0.1, 0.15) is 32.7 Å². The van der Waals surface area contributed by atoms with Gasteiger partial charge >= 0.3 is 0 Å². The zero-order valence-corrected chi connectivity index (χ0v) is 17.4. The highest BCUT2D eigenvalue weighted by Gasteiger charge is 2.12. The Morgan fingerprint density at radius 3 is 2.59 bits per heavy atom. The van der Waals surface area contributed by atoms with Gasteiger partial charge in [0.25, 0.3) is 5.91 Å². The number of carbonyl (C=O) groups is 1. The van der Waals surface area contributed by atoms with Gasteiger partial charge in [-0.3, -0.25) is 15.1 Å². The van der Waals surface area contributed by atoms with Gasteiger partial charge in [0.1, 0.15) is 0 Å². The monoisotopic (exact) mass is 406 g/mol. The number of guanidine groups is 1. The minimum absolute atomic E-state index is 0.236. The molecule has 0 atom stereocenters. The molecule has 1 heterocycles. The second kappa shape index (κ2) is 9.34. The Hall–Kier alpha value is -3.18. The SMILES string of the molecule is Cc1ccc(C(=O)NC(=NCc2ccccn2)Nc2cccc(Cl)c2C)cc1C. The molecule has 1 amide bonds. The predicted molar refractivity (Wildman–Crippen MR) is 119 cm³/mol. The third-order valence-electron chi connectivity index (χ3n) is 4.65. The Balaban J connectivity index is 1.86. The first kappa shape index (κ1) is 20.6. The Morgan fingerprint density at radius 1 is 1.03 bits per heavy atom. The molecular formula is C23H23ClN4O. The van der Waals surface area contributed by atoms with Crippen LogP contribution in [0.4, 0.5) is 5.69 Å². The average Bonchev–Trinajstić information content (AvgIpc) is 2.72. The van der Waals surface area contributed by atoms with E-state index in [2.05, 4.69) is 20.6 Å². The van der Waals surface area contributed by atoms with Crippen LogP contribution in [0.3, 0.4) is 0 Å². The molecule has 0 aliphatic carbocycles. The van der Waals surface area contributed by atoms with E-state index < -0.39 is 0 Å². The number of hydrogen-bond acceptors (Lipinski definition) is 3. The van der Waals surface area contributed by atoms with Crippen LogP contribution in [0.25, 0.3) is 0 Å². The number of halogens is 1. The van der Waals surface area contributed by atoms with Crippen LogP contribution >= 0.6 is 11.6 Å². The summed E-state index contributed by atoms with van der Waals surface area (Å²) in [5.41, 5.74) is 5.22. The number of carbonyl (C=O) groups excluding carboxylic acids is 1. The van der Waals surface area contributed by atoms with E-state index in [1.54, 1.807) is 12.3 Å². The lowest BCUT2D eigenvalue weighted by Crippen LogP contribution is -2.36. The summed E-state index contributed by atoms with van der Waals surface area (Å²) in [6.07, 6.45) is 1.72. The number of aromatic nitrogens is 1. The highest BCUT2D eigenvalue weighted by Crippen LogP contribution is 2.23. The van der Waals surface area contributed by atoms with Crippen molar-refractivity contribution in [3.8, 4) is 0 Å². The smallest absolute Gasteiger partial charge is 0.257 e. The van der Waals surface area contributed by atoms with E-state index >= 15 is 0 Å². The fourth-order valence-corrected chi connectivity index (χ4v) is 2.87. The van der Waals surface area contributed by atoms with Gasteiger partial charge in [0.05, 0.1) is 12.2 Å².